The van der Waals surface area contributed by atoms with Gasteiger partial charge in [-0.25, -0.2) is 4.98 Å². The Morgan fingerprint density at radius 3 is 3.07 bits per heavy atom. The van der Waals surface area contributed by atoms with Crippen LogP contribution in [0.4, 0.5) is 5.95 Å². The van der Waals surface area contributed by atoms with Crippen LogP contribution in [-0.4, -0.2) is 16.0 Å². The summed E-state index contributed by atoms with van der Waals surface area (Å²) >= 11 is 1.34. The van der Waals surface area contributed by atoms with Gasteiger partial charge in [0.2, 0.25) is 5.95 Å². The first-order valence-corrected chi connectivity index (χ1v) is 5.43. The molecule has 1 unspecified atom stereocenters. The highest BCUT2D eigenvalue weighted by Gasteiger charge is 2.27. The predicted molar refractivity (Wildman–Crippen MR) is 58.1 cm³/mol. The fourth-order valence-corrected chi connectivity index (χ4v) is 2.44. The van der Waals surface area contributed by atoms with Crippen LogP contribution in [0, 0.1) is 0 Å². The lowest BCUT2D eigenvalue weighted by molar-refractivity contribution is 0.343. The highest BCUT2D eigenvalue weighted by Crippen LogP contribution is 2.38. The van der Waals surface area contributed by atoms with Crippen LogP contribution < -0.4 is 10.5 Å². The Morgan fingerprint density at radius 1 is 1.40 bits per heavy atom. The lowest BCUT2D eigenvalue weighted by Crippen LogP contribution is -2.02. The third kappa shape index (κ3) is 1.35. The van der Waals surface area contributed by atoms with Crippen molar-refractivity contribution in [3.8, 4) is 5.75 Å². The average Bonchev–Trinajstić information content (AvgIpc) is 2.83. The van der Waals surface area contributed by atoms with Crippen LogP contribution in [-0.2, 0) is 0 Å². The zero-order valence-electron chi connectivity index (χ0n) is 7.88. The quantitative estimate of drug-likeness (QED) is 0.792. The molecule has 2 N–H and O–H groups in total. The number of aromatic nitrogens is 2. The van der Waals surface area contributed by atoms with E-state index >= 15 is 0 Å². The zero-order chi connectivity index (χ0) is 10.3. The molecule has 1 aromatic carbocycles. The summed E-state index contributed by atoms with van der Waals surface area (Å²) in [6.45, 7) is 0.633. The second-order valence-electron chi connectivity index (χ2n) is 3.39. The number of ether oxygens (including phenoxy) is 1. The van der Waals surface area contributed by atoms with Crippen molar-refractivity contribution < 1.29 is 4.74 Å². The minimum absolute atomic E-state index is 0.191. The molecule has 1 atom stereocenters. The maximum atomic E-state index is 5.57. The normalized spacial score (nSPS) is 18.5. The summed E-state index contributed by atoms with van der Waals surface area (Å²) in [5.41, 5.74) is 6.69. The van der Waals surface area contributed by atoms with Gasteiger partial charge in [-0.2, -0.15) is 4.37 Å². The van der Waals surface area contributed by atoms with E-state index in [4.69, 9.17) is 10.5 Å². The molecule has 15 heavy (non-hydrogen) atoms. The third-order valence-corrected chi connectivity index (χ3v) is 3.30. The van der Waals surface area contributed by atoms with Gasteiger partial charge in [0.1, 0.15) is 17.4 Å². The number of benzene rings is 1. The molecule has 0 amide bonds. The van der Waals surface area contributed by atoms with Crippen molar-refractivity contribution in [2.24, 2.45) is 0 Å². The first-order chi connectivity index (χ1) is 7.34. The van der Waals surface area contributed by atoms with E-state index in [1.807, 2.05) is 18.2 Å². The SMILES string of the molecule is Nc1nsc(C2COc3ccccc32)n1. The van der Waals surface area contributed by atoms with Crippen LogP contribution in [0.25, 0.3) is 0 Å². The molecule has 1 aliphatic rings. The fourth-order valence-electron chi connectivity index (χ4n) is 1.76. The van der Waals surface area contributed by atoms with Gasteiger partial charge in [-0.3, -0.25) is 0 Å². The summed E-state index contributed by atoms with van der Waals surface area (Å²) in [5, 5.41) is 0.928. The van der Waals surface area contributed by atoms with Crippen LogP contribution in [0.1, 0.15) is 16.5 Å². The van der Waals surface area contributed by atoms with Gasteiger partial charge in [-0.15, -0.1) is 0 Å². The summed E-state index contributed by atoms with van der Waals surface area (Å²) in [5.74, 6) is 1.48. The Kier molecular flexibility index (Phi) is 1.85. The summed E-state index contributed by atoms with van der Waals surface area (Å²) in [6, 6.07) is 8.00. The van der Waals surface area contributed by atoms with Crippen molar-refractivity contribution in [3.05, 3.63) is 34.8 Å². The maximum Gasteiger partial charge on any atom is 0.232 e. The Balaban J connectivity index is 2.04. The second kappa shape index (κ2) is 3.20. The Bertz CT molecular complexity index is 497. The first kappa shape index (κ1) is 8.67. The molecule has 0 bridgehead atoms. The van der Waals surface area contributed by atoms with Gasteiger partial charge in [0.15, 0.2) is 0 Å². The molecule has 0 aliphatic carbocycles. The third-order valence-electron chi connectivity index (χ3n) is 2.46. The first-order valence-electron chi connectivity index (χ1n) is 4.65. The van der Waals surface area contributed by atoms with Gasteiger partial charge in [0.25, 0.3) is 0 Å². The smallest absolute Gasteiger partial charge is 0.232 e. The molecule has 0 radical (unpaired) electrons. The number of anilines is 1. The van der Waals surface area contributed by atoms with Gasteiger partial charge in [-0.05, 0) is 17.6 Å². The number of rotatable bonds is 1. The molecule has 76 valence electrons. The van der Waals surface area contributed by atoms with Crippen molar-refractivity contribution in [2.45, 2.75) is 5.92 Å². The molecule has 5 heteroatoms. The zero-order valence-corrected chi connectivity index (χ0v) is 8.70. The van der Waals surface area contributed by atoms with Crippen molar-refractivity contribution in [2.75, 3.05) is 12.3 Å². The van der Waals surface area contributed by atoms with E-state index in [0.29, 0.717) is 12.6 Å². The fraction of sp³-hybridized carbons (Fsp3) is 0.200. The molecule has 2 heterocycles. The summed E-state index contributed by atoms with van der Waals surface area (Å²) in [6.07, 6.45) is 0. The van der Waals surface area contributed by atoms with Crippen LogP contribution in [0.3, 0.4) is 0 Å². The monoisotopic (exact) mass is 219 g/mol. The van der Waals surface area contributed by atoms with E-state index < -0.39 is 0 Å². The molecule has 0 spiro atoms. The van der Waals surface area contributed by atoms with Crippen LogP contribution in [0.2, 0.25) is 0 Å². The molecule has 3 rings (SSSR count). The molecular formula is C10H9N3OS. The molecule has 4 nitrogen and oxygen atoms in total. The van der Waals surface area contributed by atoms with E-state index in [1.54, 1.807) is 0 Å². The summed E-state index contributed by atoms with van der Waals surface area (Å²) in [7, 11) is 0. The second-order valence-corrected chi connectivity index (χ2v) is 4.18. The minimum atomic E-state index is 0.191. The van der Waals surface area contributed by atoms with E-state index in [-0.39, 0.29) is 5.92 Å². The van der Waals surface area contributed by atoms with Gasteiger partial charge in [-0.1, -0.05) is 18.2 Å². The Hall–Kier alpha value is -1.62. The van der Waals surface area contributed by atoms with Gasteiger partial charge in [0.05, 0.1) is 5.92 Å². The number of nitrogens with zero attached hydrogens (tertiary/aromatic N) is 2. The minimum Gasteiger partial charge on any atom is -0.492 e. The molecule has 0 saturated heterocycles. The number of nitrogens with two attached hydrogens (primary N) is 1. The number of fused-ring (bicyclic) bond motifs is 1. The largest absolute Gasteiger partial charge is 0.492 e. The lowest BCUT2D eigenvalue weighted by atomic mass is 10.0. The number of nitrogen functional groups attached to an aromatic ring is 1. The van der Waals surface area contributed by atoms with E-state index in [2.05, 4.69) is 15.4 Å². The lowest BCUT2D eigenvalue weighted by Gasteiger charge is -2.02. The molecule has 2 aromatic rings. The van der Waals surface area contributed by atoms with Crippen molar-refractivity contribution in [1.82, 2.24) is 9.36 Å². The van der Waals surface area contributed by atoms with Gasteiger partial charge in [0, 0.05) is 5.56 Å². The van der Waals surface area contributed by atoms with Crippen LogP contribution in [0.15, 0.2) is 24.3 Å². The van der Waals surface area contributed by atoms with Crippen molar-refractivity contribution >= 4 is 17.5 Å². The standard InChI is InChI=1S/C10H9N3OS/c11-10-12-9(15-13-10)7-5-14-8-4-2-1-3-6(7)8/h1-4,7H,5H2,(H2,11,13). The summed E-state index contributed by atoms with van der Waals surface area (Å²) < 4.78 is 9.56. The molecule has 1 aromatic heterocycles. The number of hydrogen-bond donors (Lipinski definition) is 1. The van der Waals surface area contributed by atoms with Crippen molar-refractivity contribution in [3.63, 3.8) is 0 Å². The topological polar surface area (TPSA) is 61.0 Å². The van der Waals surface area contributed by atoms with Crippen LogP contribution >= 0.6 is 11.5 Å². The van der Waals surface area contributed by atoms with E-state index in [0.717, 1.165) is 10.8 Å². The average molecular weight is 219 g/mol. The molecule has 0 fully saturated rings. The highest BCUT2D eigenvalue weighted by molar-refractivity contribution is 7.05. The molecule has 1 aliphatic heterocycles. The highest BCUT2D eigenvalue weighted by atomic mass is 32.1. The predicted octanol–water partition coefficient (Wildman–Crippen LogP) is 1.64. The van der Waals surface area contributed by atoms with Gasteiger partial charge < -0.3 is 10.5 Å². The summed E-state index contributed by atoms with van der Waals surface area (Å²) in [4.78, 5) is 4.20. The molecule has 0 saturated carbocycles. The number of hydrogen-bond acceptors (Lipinski definition) is 5. The van der Waals surface area contributed by atoms with E-state index in [9.17, 15) is 0 Å². The van der Waals surface area contributed by atoms with Gasteiger partial charge >= 0.3 is 0 Å². The number of para-hydroxylation sites is 1. The molecular weight excluding hydrogens is 210 g/mol. The Labute approximate surface area is 90.9 Å². The van der Waals surface area contributed by atoms with E-state index in [1.165, 1.54) is 17.1 Å². The van der Waals surface area contributed by atoms with Crippen LogP contribution in [0.5, 0.6) is 5.75 Å². The maximum absolute atomic E-state index is 5.57. The Morgan fingerprint density at radius 2 is 2.27 bits per heavy atom. The van der Waals surface area contributed by atoms with Crippen molar-refractivity contribution in [1.29, 1.82) is 0 Å².